The van der Waals surface area contributed by atoms with Gasteiger partial charge in [0.2, 0.25) is 0 Å². The number of rotatable bonds is 19. The topological polar surface area (TPSA) is 9.23 Å². The van der Waals surface area contributed by atoms with Crippen LogP contribution in [0.1, 0.15) is 96.3 Å². The van der Waals surface area contributed by atoms with Gasteiger partial charge in [-0.25, -0.2) is 4.39 Å². The molecule has 0 aliphatic heterocycles. The molecule has 134 valence electrons. The average molecular weight is 321 g/mol. The van der Waals surface area contributed by atoms with Crippen LogP contribution < -0.4 is 0 Å². The lowest BCUT2D eigenvalue weighted by molar-refractivity contribution is 0.115. The van der Waals surface area contributed by atoms with Crippen LogP contribution in [0.5, 0.6) is 0 Å². The molecule has 0 aliphatic rings. The number of alkyl halides is 2. The maximum Gasteiger partial charge on any atom is 0.113 e. The molecule has 0 bridgehead atoms. The zero-order chi connectivity index (χ0) is 16.1. The van der Waals surface area contributed by atoms with E-state index in [0.29, 0.717) is 0 Å². The summed E-state index contributed by atoms with van der Waals surface area (Å²) in [5, 5.41) is 0. The quantitative estimate of drug-likeness (QED) is 0.238. The highest BCUT2D eigenvalue weighted by Crippen LogP contribution is 2.13. The Morgan fingerprint density at radius 3 is 1.09 bits per heavy atom. The van der Waals surface area contributed by atoms with Gasteiger partial charge < -0.3 is 4.74 Å². The van der Waals surface area contributed by atoms with Gasteiger partial charge in [-0.15, -0.1) is 0 Å². The molecular weight excluding hydrogens is 282 g/mol. The van der Waals surface area contributed by atoms with Gasteiger partial charge in [-0.05, 0) is 12.8 Å². The molecule has 3 heteroatoms. The summed E-state index contributed by atoms with van der Waals surface area (Å²) in [6.07, 6.45) is 18.8. The second kappa shape index (κ2) is 20.8. The second-order valence-electron chi connectivity index (χ2n) is 6.29. The van der Waals surface area contributed by atoms with Crippen LogP contribution in [0.4, 0.5) is 8.78 Å². The van der Waals surface area contributed by atoms with Crippen molar-refractivity contribution in [3.63, 3.8) is 0 Å². The van der Waals surface area contributed by atoms with E-state index in [1.54, 1.807) is 0 Å². The van der Waals surface area contributed by atoms with E-state index in [1.165, 1.54) is 77.0 Å². The normalized spacial score (nSPS) is 11.2. The molecule has 0 spiro atoms. The first kappa shape index (κ1) is 21.8. The van der Waals surface area contributed by atoms with Crippen molar-refractivity contribution < 1.29 is 13.5 Å². The molecule has 1 nitrogen and oxygen atoms in total. The monoisotopic (exact) mass is 320 g/mol. The average Bonchev–Trinajstić information content (AvgIpc) is 2.54. The van der Waals surface area contributed by atoms with Crippen molar-refractivity contribution in [2.24, 2.45) is 0 Å². The molecule has 0 aliphatic carbocycles. The van der Waals surface area contributed by atoms with Crippen LogP contribution in [0, 0.1) is 0 Å². The Hall–Kier alpha value is -0.180. The summed E-state index contributed by atoms with van der Waals surface area (Å²) in [5.41, 5.74) is 0. The number of ether oxygens (including phenoxy) is 1. The number of hydrogen-bond acceptors (Lipinski definition) is 1. The lowest BCUT2D eigenvalue weighted by atomic mass is 10.0. The van der Waals surface area contributed by atoms with Crippen molar-refractivity contribution in [1.29, 1.82) is 0 Å². The van der Waals surface area contributed by atoms with Crippen LogP contribution in [-0.4, -0.2) is 26.6 Å². The zero-order valence-corrected chi connectivity index (χ0v) is 14.6. The minimum atomic E-state index is -0.362. The predicted molar refractivity (Wildman–Crippen MR) is 92.0 cm³/mol. The third-order valence-corrected chi connectivity index (χ3v) is 4.14. The largest absolute Gasteiger partial charge is 0.379 e. The minimum Gasteiger partial charge on any atom is -0.379 e. The van der Waals surface area contributed by atoms with Gasteiger partial charge >= 0.3 is 0 Å². The van der Waals surface area contributed by atoms with Gasteiger partial charge in [-0.3, -0.25) is 4.39 Å². The van der Waals surface area contributed by atoms with Gasteiger partial charge in [0.05, 0.1) is 13.3 Å². The molecular formula is C19H38F2O. The van der Waals surface area contributed by atoms with Crippen LogP contribution in [0.15, 0.2) is 0 Å². The molecule has 0 radical (unpaired) electrons. The lowest BCUT2D eigenvalue weighted by Gasteiger charge is -2.04. The van der Waals surface area contributed by atoms with Gasteiger partial charge in [0.15, 0.2) is 0 Å². The minimum absolute atomic E-state index is 0.146. The van der Waals surface area contributed by atoms with Crippen molar-refractivity contribution in [2.45, 2.75) is 96.3 Å². The molecule has 0 amide bonds. The molecule has 0 aromatic carbocycles. The Kier molecular flexibility index (Phi) is 20.6. The first-order valence-electron chi connectivity index (χ1n) is 9.61. The van der Waals surface area contributed by atoms with Crippen molar-refractivity contribution in [3.05, 3.63) is 0 Å². The van der Waals surface area contributed by atoms with E-state index in [9.17, 15) is 8.78 Å². The van der Waals surface area contributed by atoms with E-state index in [-0.39, 0.29) is 20.0 Å². The maximum absolute atomic E-state index is 11.9. The number of hydrogen-bond donors (Lipinski definition) is 0. The van der Waals surface area contributed by atoms with Crippen molar-refractivity contribution in [2.75, 3.05) is 26.6 Å². The van der Waals surface area contributed by atoms with E-state index < -0.39 is 0 Å². The van der Waals surface area contributed by atoms with Crippen LogP contribution in [0.3, 0.4) is 0 Å². The molecule has 0 heterocycles. The lowest BCUT2D eigenvalue weighted by Crippen LogP contribution is -1.97. The molecule has 0 unspecified atom stereocenters. The highest BCUT2D eigenvalue weighted by atomic mass is 19.1. The molecule has 0 fully saturated rings. The first-order valence-corrected chi connectivity index (χ1v) is 9.61. The summed E-state index contributed by atoms with van der Waals surface area (Å²) in [6.45, 7) is 0.474. The Bertz CT molecular complexity index is 168. The highest BCUT2D eigenvalue weighted by molar-refractivity contribution is 4.50. The maximum atomic E-state index is 11.9. The molecule has 0 atom stereocenters. The van der Waals surface area contributed by atoms with Crippen LogP contribution in [-0.2, 0) is 4.74 Å². The molecule has 22 heavy (non-hydrogen) atoms. The Labute approximate surface area is 137 Å². The second-order valence-corrected chi connectivity index (χ2v) is 6.29. The van der Waals surface area contributed by atoms with Crippen LogP contribution >= 0.6 is 0 Å². The standard InChI is InChI=1S/C19H38F2O/c20-16-14-12-10-8-6-4-2-1-3-5-7-9-11-13-15-18-22-19-17-21/h1-19H2. The molecule has 0 N–H and O–H groups in total. The van der Waals surface area contributed by atoms with E-state index >= 15 is 0 Å². The summed E-state index contributed by atoms with van der Waals surface area (Å²) < 4.78 is 28.8. The third kappa shape index (κ3) is 19.8. The molecule has 0 saturated heterocycles. The molecule has 0 rings (SSSR count). The fourth-order valence-corrected chi connectivity index (χ4v) is 2.75. The summed E-state index contributed by atoms with van der Waals surface area (Å²) in [6, 6.07) is 0. The van der Waals surface area contributed by atoms with Gasteiger partial charge in [0.1, 0.15) is 6.67 Å². The van der Waals surface area contributed by atoms with E-state index in [2.05, 4.69) is 0 Å². The Morgan fingerprint density at radius 1 is 0.364 bits per heavy atom. The van der Waals surface area contributed by atoms with Gasteiger partial charge in [0.25, 0.3) is 0 Å². The Morgan fingerprint density at radius 2 is 0.727 bits per heavy atom. The summed E-state index contributed by atoms with van der Waals surface area (Å²) >= 11 is 0. The summed E-state index contributed by atoms with van der Waals surface area (Å²) in [7, 11) is 0. The van der Waals surface area contributed by atoms with Crippen molar-refractivity contribution in [3.8, 4) is 0 Å². The molecule has 0 aromatic heterocycles. The van der Waals surface area contributed by atoms with Gasteiger partial charge in [-0.1, -0.05) is 83.5 Å². The first-order chi connectivity index (χ1) is 10.9. The van der Waals surface area contributed by atoms with Crippen molar-refractivity contribution in [1.82, 2.24) is 0 Å². The van der Waals surface area contributed by atoms with Crippen molar-refractivity contribution >= 4 is 0 Å². The molecule has 0 aromatic rings. The van der Waals surface area contributed by atoms with E-state index in [0.717, 1.165) is 25.9 Å². The van der Waals surface area contributed by atoms with E-state index in [4.69, 9.17) is 4.74 Å². The van der Waals surface area contributed by atoms with Gasteiger partial charge in [0, 0.05) is 6.61 Å². The third-order valence-electron chi connectivity index (χ3n) is 4.14. The van der Waals surface area contributed by atoms with Crippen LogP contribution in [0.25, 0.3) is 0 Å². The smallest absolute Gasteiger partial charge is 0.113 e. The highest BCUT2D eigenvalue weighted by Gasteiger charge is 1.95. The van der Waals surface area contributed by atoms with Crippen LogP contribution in [0.2, 0.25) is 0 Å². The SMILES string of the molecule is FCCCCCCCCCCCCCCCCCOCCF. The van der Waals surface area contributed by atoms with E-state index in [1.807, 2.05) is 0 Å². The number of halogens is 2. The van der Waals surface area contributed by atoms with Gasteiger partial charge in [-0.2, -0.15) is 0 Å². The zero-order valence-electron chi connectivity index (χ0n) is 14.6. The predicted octanol–water partition coefficient (Wildman–Crippen LogP) is 6.79. The summed E-state index contributed by atoms with van der Waals surface area (Å²) in [5.74, 6) is 0. The molecule has 0 saturated carbocycles. The fraction of sp³-hybridized carbons (Fsp3) is 1.00. The Balaban J connectivity index is 2.91. The summed E-state index contributed by atoms with van der Waals surface area (Å²) in [4.78, 5) is 0. The fourth-order valence-electron chi connectivity index (χ4n) is 2.75. The number of unbranched alkanes of at least 4 members (excludes halogenated alkanes) is 14.